The van der Waals surface area contributed by atoms with Gasteiger partial charge >= 0.3 is 0 Å². The maximum Gasteiger partial charge on any atom is 0.261 e. The molecule has 4 nitrogen and oxygen atoms in total. The topological polar surface area (TPSA) is 51.5 Å². The second kappa shape index (κ2) is 6.87. The van der Waals surface area contributed by atoms with Gasteiger partial charge in [0.15, 0.2) is 6.10 Å². The van der Waals surface area contributed by atoms with Crippen LogP contribution in [0.4, 0.5) is 0 Å². The molecular weight excluding hydrogens is 313 g/mol. The van der Waals surface area contributed by atoms with Crippen LogP contribution in [0.25, 0.3) is 0 Å². The van der Waals surface area contributed by atoms with Crippen molar-refractivity contribution < 1.29 is 13.9 Å². The number of furan rings is 1. The molecule has 1 heterocycles. The van der Waals surface area contributed by atoms with E-state index in [0.717, 1.165) is 0 Å². The van der Waals surface area contributed by atoms with Gasteiger partial charge in [-0.25, -0.2) is 0 Å². The van der Waals surface area contributed by atoms with E-state index < -0.39 is 6.10 Å². The van der Waals surface area contributed by atoms with Crippen LogP contribution in [0.5, 0.6) is 5.75 Å². The SMILES string of the molecule is C[C@H](Oc1ccc(Cl)cc1Cl)C(=O)N[C@@H](C)c1ccco1. The predicted molar refractivity (Wildman–Crippen MR) is 81.8 cm³/mol. The zero-order valence-corrected chi connectivity index (χ0v) is 13.1. The second-order valence-electron chi connectivity index (χ2n) is 4.58. The van der Waals surface area contributed by atoms with E-state index in [1.165, 1.54) is 0 Å². The zero-order chi connectivity index (χ0) is 15.4. The molecule has 2 atom stereocenters. The highest BCUT2D eigenvalue weighted by molar-refractivity contribution is 6.35. The summed E-state index contributed by atoms with van der Waals surface area (Å²) in [5, 5.41) is 3.68. The summed E-state index contributed by atoms with van der Waals surface area (Å²) in [6, 6.07) is 8.18. The van der Waals surface area contributed by atoms with Crippen molar-refractivity contribution in [1.82, 2.24) is 5.32 Å². The van der Waals surface area contributed by atoms with E-state index in [4.69, 9.17) is 32.4 Å². The summed E-state index contributed by atoms with van der Waals surface area (Å²) in [6.07, 6.45) is 0.867. The third kappa shape index (κ3) is 4.16. The van der Waals surface area contributed by atoms with Crippen molar-refractivity contribution in [2.24, 2.45) is 0 Å². The van der Waals surface area contributed by atoms with E-state index in [1.807, 2.05) is 6.92 Å². The lowest BCUT2D eigenvalue weighted by atomic mass is 10.2. The minimum Gasteiger partial charge on any atom is -0.479 e. The summed E-state index contributed by atoms with van der Waals surface area (Å²) < 4.78 is 10.8. The van der Waals surface area contributed by atoms with Crippen LogP contribution in [-0.4, -0.2) is 12.0 Å². The number of nitrogens with one attached hydrogen (secondary N) is 1. The Hall–Kier alpha value is -1.65. The van der Waals surface area contributed by atoms with Gasteiger partial charge in [0.1, 0.15) is 11.5 Å². The molecule has 6 heteroatoms. The molecule has 0 radical (unpaired) electrons. The number of hydrogen-bond acceptors (Lipinski definition) is 3. The Balaban J connectivity index is 1.96. The lowest BCUT2D eigenvalue weighted by molar-refractivity contribution is -0.128. The number of ether oxygens (including phenoxy) is 1. The summed E-state index contributed by atoms with van der Waals surface area (Å²) in [7, 11) is 0. The van der Waals surface area contributed by atoms with Crippen molar-refractivity contribution >= 4 is 29.1 Å². The van der Waals surface area contributed by atoms with Crippen LogP contribution in [0.2, 0.25) is 10.0 Å². The van der Waals surface area contributed by atoms with Crippen LogP contribution < -0.4 is 10.1 Å². The van der Waals surface area contributed by atoms with E-state index in [-0.39, 0.29) is 11.9 Å². The summed E-state index contributed by atoms with van der Waals surface area (Å²) in [5.74, 6) is 0.833. The van der Waals surface area contributed by atoms with Crippen molar-refractivity contribution in [2.45, 2.75) is 26.0 Å². The smallest absolute Gasteiger partial charge is 0.261 e. The highest BCUT2D eigenvalue weighted by atomic mass is 35.5. The molecule has 0 aliphatic rings. The Morgan fingerprint density at radius 3 is 2.67 bits per heavy atom. The van der Waals surface area contributed by atoms with Crippen molar-refractivity contribution in [2.75, 3.05) is 0 Å². The summed E-state index contributed by atoms with van der Waals surface area (Å²) >= 11 is 11.8. The van der Waals surface area contributed by atoms with E-state index in [9.17, 15) is 4.79 Å². The molecule has 2 aromatic rings. The lowest BCUT2D eigenvalue weighted by Crippen LogP contribution is -2.37. The first-order valence-corrected chi connectivity index (χ1v) is 7.18. The molecule has 112 valence electrons. The third-order valence-electron chi connectivity index (χ3n) is 2.90. The number of carbonyl (C=O) groups excluding carboxylic acids is 1. The standard InChI is InChI=1S/C15H15Cl2NO3/c1-9(13-4-3-7-20-13)18-15(19)10(2)21-14-6-5-11(16)8-12(14)17/h3-10H,1-2H3,(H,18,19)/t9-,10-/m0/s1. The van der Waals surface area contributed by atoms with E-state index in [1.54, 1.807) is 43.5 Å². The Kier molecular flexibility index (Phi) is 5.15. The quantitative estimate of drug-likeness (QED) is 0.893. The van der Waals surface area contributed by atoms with Crippen LogP contribution in [0.1, 0.15) is 25.6 Å². The molecule has 1 amide bonds. The van der Waals surface area contributed by atoms with Crippen molar-refractivity contribution in [1.29, 1.82) is 0 Å². The van der Waals surface area contributed by atoms with E-state index in [2.05, 4.69) is 5.32 Å². The van der Waals surface area contributed by atoms with Gasteiger partial charge in [0.05, 0.1) is 17.3 Å². The van der Waals surface area contributed by atoms with Gasteiger partial charge in [0.2, 0.25) is 0 Å². The lowest BCUT2D eigenvalue weighted by Gasteiger charge is -2.18. The van der Waals surface area contributed by atoms with Gasteiger partial charge in [-0.1, -0.05) is 23.2 Å². The molecule has 0 aliphatic carbocycles. The van der Waals surface area contributed by atoms with E-state index in [0.29, 0.717) is 21.6 Å². The molecule has 0 fully saturated rings. The monoisotopic (exact) mass is 327 g/mol. The third-order valence-corrected chi connectivity index (χ3v) is 3.43. The average molecular weight is 328 g/mol. The highest BCUT2D eigenvalue weighted by Crippen LogP contribution is 2.28. The molecule has 0 aliphatic heterocycles. The van der Waals surface area contributed by atoms with Gasteiger partial charge in [-0.15, -0.1) is 0 Å². The molecule has 0 unspecified atom stereocenters. The highest BCUT2D eigenvalue weighted by Gasteiger charge is 2.19. The summed E-state index contributed by atoms with van der Waals surface area (Å²) in [6.45, 7) is 3.48. The average Bonchev–Trinajstić information content (AvgIpc) is 2.95. The van der Waals surface area contributed by atoms with Crippen molar-refractivity contribution in [3.8, 4) is 5.75 Å². The number of halogens is 2. The maximum absolute atomic E-state index is 12.1. The first-order chi connectivity index (χ1) is 9.97. The van der Waals surface area contributed by atoms with Crippen molar-refractivity contribution in [3.05, 3.63) is 52.4 Å². The Morgan fingerprint density at radius 2 is 2.05 bits per heavy atom. The molecule has 0 spiro atoms. The number of benzene rings is 1. The second-order valence-corrected chi connectivity index (χ2v) is 5.42. The van der Waals surface area contributed by atoms with Gasteiger partial charge in [-0.05, 0) is 44.2 Å². The normalized spacial score (nSPS) is 13.5. The number of hydrogen-bond donors (Lipinski definition) is 1. The van der Waals surface area contributed by atoms with E-state index >= 15 is 0 Å². The summed E-state index contributed by atoms with van der Waals surface area (Å²) in [5.41, 5.74) is 0. The molecule has 21 heavy (non-hydrogen) atoms. The van der Waals surface area contributed by atoms with Crippen LogP contribution in [0.15, 0.2) is 41.0 Å². The zero-order valence-electron chi connectivity index (χ0n) is 11.6. The molecule has 0 saturated carbocycles. The Labute approximate surface area is 133 Å². The Bertz CT molecular complexity index is 613. The fourth-order valence-electron chi connectivity index (χ4n) is 1.75. The fourth-order valence-corrected chi connectivity index (χ4v) is 2.21. The van der Waals surface area contributed by atoms with Crippen LogP contribution >= 0.6 is 23.2 Å². The Morgan fingerprint density at radius 1 is 1.29 bits per heavy atom. The predicted octanol–water partition coefficient (Wildman–Crippen LogP) is 4.23. The minimum absolute atomic E-state index is 0.237. The number of carbonyl (C=O) groups is 1. The summed E-state index contributed by atoms with van der Waals surface area (Å²) in [4.78, 5) is 12.1. The maximum atomic E-state index is 12.1. The molecule has 1 aromatic heterocycles. The van der Waals surface area contributed by atoms with Gasteiger partial charge in [-0.3, -0.25) is 4.79 Å². The van der Waals surface area contributed by atoms with Gasteiger partial charge in [0.25, 0.3) is 5.91 Å². The molecule has 1 aromatic carbocycles. The van der Waals surface area contributed by atoms with Crippen LogP contribution in [0.3, 0.4) is 0 Å². The molecular formula is C15H15Cl2NO3. The number of rotatable bonds is 5. The first kappa shape index (κ1) is 15.7. The fraction of sp³-hybridized carbons (Fsp3) is 0.267. The largest absolute Gasteiger partial charge is 0.479 e. The molecule has 2 rings (SSSR count). The van der Waals surface area contributed by atoms with Gasteiger partial charge in [0, 0.05) is 5.02 Å². The van der Waals surface area contributed by atoms with Crippen molar-refractivity contribution in [3.63, 3.8) is 0 Å². The molecule has 0 bridgehead atoms. The first-order valence-electron chi connectivity index (χ1n) is 6.43. The number of amides is 1. The molecule has 1 N–H and O–H groups in total. The van der Waals surface area contributed by atoms with Crippen LogP contribution in [0, 0.1) is 0 Å². The van der Waals surface area contributed by atoms with Crippen LogP contribution in [-0.2, 0) is 4.79 Å². The van der Waals surface area contributed by atoms with Gasteiger partial charge < -0.3 is 14.5 Å². The molecule has 0 saturated heterocycles. The minimum atomic E-state index is -0.693. The van der Waals surface area contributed by atoms with Gasteiger partial charge in [-0.2, -0.15) is 0 Å².